The van der Waals surface area contributed by atoms with Crippen LogP contribution in [-0.2, 0) is 29.0 Å². The lowest BCUT2D eigenvalue weighted by Gasteiger charge is -2.32. The van der Waals surface area contributed by atoms with Gasteiger partial charge in [0.25, 0.3) is 5.91 Å². The second-order valence-electron chi connectivity index (χ2n) is 7.14. The second-order valence-corrected chi connectivity index (χ2v) is 7.14. The zero-order valence-electron chi connectivity index (χ0n) is 16.3. The lowest BCUT2D eigenvalue weighted by Crippen LogP contribution is -2.47. The number of hydrogen-bond donors (Lipinski definition) is 1. The molecule has 1 aromatic carbocycles. The number of carbonyl (C=O) groups is 1. The molecular weight excluding hydrogens is 366 g/mol. The Bertz CT molecular complexity index is 913. The maximum absolute atomic E-state index is 12.6. The zero-order valence-corrected chi connectivity index (χ0v) is 16.3. The van der Waals surface area contributed by atoms with E-state index in [1.165, 1.54) is 11.1 Å². The standard InChI is InChI=1S/C22H25N5O2/c28-22(20-17-26(14-15-29-20)16-19-4-2-1-3-5-19)24-21-9-13-27(25-21)12-8-18-6-10-23-11-7-18/h1-7,9-11,13,20H,8,12,14-17H2,(H,24,25,28). The number of anilines is 1. The minimum Gasteiger partial charge on any atom is -0.366 e. The monoisotopic (exact) mass is 391 g/mol. The Balaban J connectivity index is 1.28. The summed E-state index contributed by atoms with van der Waals surface area (Å²) in [5.41, 5.74) is 2.44. The van der Waals surface area contributed by atoms with Crippen molar-refractivity contribution in [3.05, 3.63) is 78.2 Å². The number of benzene rings is 1. The van der Waals surface area contributed by atoms with Crippen molar-refractivity contribution in [3.8, 4) is 0 Å². The average molecular weight is 391 g/mol. The van der Waals surface area contributed by atoms with E-state index in [0.717, 1.165) is 26.1 Å². The van der Waals surface area contributed by atoms with E-state index in [-0.39, 0.29) is 5.91 Å². The van der Waals surface area contributed by atoms with E-state index >= 15 is 0 Å². The number of amides is 1. The zero-order chi connectivity index (χ0) is 19.9. The SMILES string of the molecule is O=C(Nc1ccn(CCc2ccncc2)n1)C1CN(Cc2ccccc2)CCO1. The second kappa shape index (κ2) is 9.45. The number of aromatic nitrogens is 3. The third-order valence-electron chi connectivity index (χ3n) is 4.96. The predicted molar refractivity (Wildman–Crippen MR) is 110 cm³/mol. The Morgan fingerprint density at radius 1 is 1.10 bits per heavy atom. The van der Waals surface area contributed by atoms with Crippen molar-refractivity contribution in [3.63, 3.8) is 0 Å². The third-order valence-corrected chi connectivity index (χ3v) is 4.96. The maximum atomic E-state index is 12.6. The Hall–Kier alpha value is -3.03. The molecule has 3 heterocycles. The summed E-state index contributed by atoms with van der Waals surface area (Å²) >= 11 is 0. The molecule has 1 atom stereocenters. The number of hydrogen-bond acceptors (Lipinski definition) is 5. The lowest BCUT2D eigenvalue weighted by atomic mass is 10.2. The molecular formula is C22H25N5O2. The highest BCUT2D eigenvalue weighted by Gasteiger charge is 2.27. The Labute approximate surface area is 170 Å². The van der Waals surface area contributed by atoms with E-state index in [2.05, 4.69) is 32.4 Å². The van der Waals surface area contributed by atoms with Gasteiger partial charge in [-0.25, -0.2) is 0 Å². The molecule has 0 bridgehead atoms. The van der Waals surface area contributed by atoms with Crippen LogP contribution in [0.2, 0.25) is 0 Å². The van der Waals surface area contributed by atoms with Crippen LogP contribution in [0.15, 0.2) is 67.1 Å². The minimum absolute atomic E-state index is 0.151. The van der Waals surface area contributed by atoms with Gasteiger partial charge in [0.05, 0.1) is 6.61 Å². The van der Waals surface area contributed by atoms with E-state index in [1.54, 1.807) is 12.4 Å². The highest BCUT2D eigenvalue weighted by Crippen LogP contribution is 2.13. The van der Waals surface area contributed by atoms with E-state index in [0.29, 0.717) is 19.0 Å². The van der Waals surface area contributed by atoms with Crippen LogP contribution in [0.4, 0.5) is 5.82 Å². The molecule has 0 aliphatic carbocycles. The molecule has 1 aliphatic rings. The number of morpholine rings is 1. The van der Waals surface area contributed by atoms with Gasteiger partial charge in [-0.2, -0.15) is 5.10 Å². The van der Waals surface area contributed by atoms with Crippen molar-refractivity contribution in [2.75, 3.05) is 25.0 Å². The van der Waals surface area contributed by atoms with Crippen molar-refractivity contribution in [2.45, 2.75) is 25.6 Å². The number of ether oxygens (including phenoxy) is 1. The molecule has 150 valence electrons. The van der Waals surface area contributed by atoms with Crippen molar-refractivity contribution in [1.29, 1.82) is 0 Å². The van der Waals surface area contributed by atoms with Crippen LogP contribution in [0.5, 0.6) is 0 Å². The number of pyridine rings is 1. The summed E-state index contributed by atoms with van der Waals surface area (Å²) < 4.78 is 7.53. The molecule has 1 fully saturated rings. The quantitative estimate of drug-likeness (QED) is 0.669. The molecule has 1 saturated heterocycles. The van der Waals surface area contributed by atoms with Gasteiger partial charge in [0, 0.05) is 50.8 Å². The first-order valence-corrected chi connectivity index (χ1v) is 9.87. The fraction of sp³-hybridized carbons (Fsp3) is 0.318. The summed E-state index contributed by atoms with van der Waals surface area (Å²) in [4.78, 5) is 18.9. The van der Waals surface area contributed by atoms with Gasteiger partial charge >= 0.3 is 0 Å². The van der Waals surface area contributed by atoms with Crippen LogP contribution in [0.1, 0.15) is 11.1 Å². The molecule has 2 aromatic heterocycles. The van der Waals surface area contributed by atoms with Gasteiger partial charge in [-0.1, -0.05) is 30.3 Å². The van der Waals surface area contributed by atoms with Crippen LogP contribution in [0, 0.1) is 0 Å². The summed E-state index contributed by atoms with van der Waals surface area (Å²) in [7, 11) is 0. The van der Waals surface area contributed by atoms with E-state index in [9.17, 15) is 4.79 Å². The smallest absolute Gasteiger partial charge is 0.256 e. The lowest BCUT2D eigenvalue weighted by molar-refractivity contribution is -0.133. The topological polar surface area (TPSA) is 72.3 Å². The van der Waals surface area contributed by atoms with Gasteiger partial charge in [0.2, 0.25) is 0 Å². The van der Waals surface area contributed by atoms with Crippen LogP contribution < -0.4 is 5.32 Å². The molecule has 29 heavy (non-hydrogen) atoms. The largest absolute Gasteiger partial charge is 0.366 e. The maximum Gasteiger partial charge on any atom is 0.256 e. The number of rotatable bonds is 7. The summed E-state index contributed by atoms with van der Waals surface area (Å²) in [5, 5.41) is 7.33. The van der Waals surface area contributed by atoms with Gasteiger partial charge in [-0.05, 0) is 29.7 Å². The number of aryl methyl sites for hydroxylation is 2. The van der Waals surface area contributed by atoms with Crippen LogP contribution in [-0.4, -0.2) is 51.4 Å². The van der Waals surface area contributed by atoms with Crippen molar-refractivity contribution in [1.82, 2.24) is 19.7 Å². The summed E-state index contributed by atoms with van der Waals surface area (Å²) in [6.07, 6.45) is 5.82. The number of nitrogens with one attached hydrogen (secondary N) is 1. The first-order chi connectivity index (χ1) is 14.3. The highest BCUT2D eigenvalue weighted by atomic mass is 16.5. The van der Waals surface area contributed by atoms with Crippen molar-refractivity contribution < 1.29 is 9.53 Å². The van der Waals surface area contributed by atoms with Gasteiger partial charge < -0.3 is 10.1 Å². The Kier molecular flexibility index (Phi) is 6.29. The van der Waals surface area contributed by atoms with Crippen molar-refractivity contribution in [2.24, 2.45) is 0 Å². The van der Waals surface area contributed by atoms with Gasteiger partial charge in [-0.3, -0.25) is 19.4 Å². The Morgan fingerprint density at radius 3 is 2.76 bits per heavy atom. The summed E-state index contributed by atoms with van der Waals surface area (Å²) in [6, 6.07) is 16.1. The van der Waals surface area contributed by atoms with Crippen LogP contribution >= 0.6 is 0 Å². The molecule has 0 saturated carbocycles. The molecule has 1 aliphatic heterocycles. The molecule has 3 aromatic rings. The minimum atomic E-state index is -0.491. The summed E-state index contributed by atoms with van der Waals surface area (Å²) in [6.45, 7) is 3.50. The first kappa shape index (κ1) is 19.3. The van der Waals surface area contributed by atoms with Crippen LogP contribution in [0.25, 0.3) is 0 Å². The molecule has 7 heteroatoms. The van der Waals surface area contributed by atoms with E-state index in [1.807, 2.05) is 47.3 Å². The van der Waals surface area contributed by atoms with Gasteiger partial charge in [-0.15, -0.1) is 0 Å². The third kappa shape index (κ3) is 5.49. The van der Waals surface area contributed by atoms with Crippen molar-refractivity contribution >= 4 is 11.7 Å². The molecule has 0 radical (unpaired) electrons. The molecule has 4 rings (SSSR count). The number of carbonyl (C=O) groups excluding carboxylic acids is 1. The fourth-order valence-corrected chi connectivity index (χ4v) is 3.40. The highest BCUT2D eigenvalue weighted by molar-refractivity contribution is 5.93. The average Bonchev–Trinajstić information content (AvgIpc) is 3.21. The Morgan fingerprint density at radius 2 is 1.93 bits per heavy atom. The number of nitrogens with zero attached hydrogens (tertiary/aromatic N) is 4. The summed E-state index contributed by atoms with van der Waals surface area (Å²) in [5.74, 6) is 0.399. The van der Waals surface area contributed by atoms with E-state index < -0.39 is 6.10 Å². The predicted octanol–water partition coefficient (Wildman–Crippen LogP) is 2.36. The molecule has 1 amide bonds. The first-order valence-electron chi connectivity index (χ1n) is 9.87. The van der Waals surface area contributed by atoms with E-state index in [4.69, 9.17) is 4.74 Å². The van der Waals surface area contributed by atoms with Gasteiger partial charge in [0.15, 0.2) is 5.82 Å². The molecule has 7 nitrogen and oxygen atoms in total. The normalized spacial score (nSPS) is 17.2. The molecule has 1 unspecified atom stereocenters. The molecule has 1 N–H and O–H groups in total. The molecule has 0 spiro atoms. The van der Waals surface area contributed by atoms with Gasteiger partial charge in [0.1, 0.15) is 6.10 Å². The van der Waals surface area contributed by atoms with Crippen LogP contribution in [0.3, 0.4) is 0 Å². The fourth-order valence-electron chi connectivity index (χ4n) is 3.40.